The van der Waals surface area contributed by atoms with Gasteiger partial charge in [-0.1, -0.05) is 6.07 Å². The van der Waals surface area contributed by atoms with Crippen molar-refractivity contribution in [3.8, 4) is 5.75 Å². The van der Waals surface area contributed by atoms with Crippen LogP contribution in [0.4, 0.5) is 0 Å². The first-order valence-electron chi connectivity index (χ1n) is 9.90. The van der Waals surface area contributed by atoms with E-state index in [4.69, 9.17) is 9.47 Å². The highest BCUT2D eigenvalue weighted by molar-refractivity contribution is 7.92. The molecule has 1 aromatic rings. The molecule has 164 valence electrons. The highest BCUT2D eigenvalue weighted by Gasteiger charge is 2.39. The average Bonchev–Trinajstić information content (AvgIpc) is 3.05. The molecule has 0 radical (unpaired) electrons. The van der Waals surface area contributed by atoms with Crippen LogP contribution in [0.2, 0.25) is 0 Å². The van der Waals surface area contributed by atoms with E-state index in [2.05, 4.69) is 4.90 Å². The highest BCUT2D eigenvalue weighted by Crippen LogP contribution is 2.31. The van der Waals surface area contributed by atoms with Gasteiger partial charge in [0.15, 0.2) is 9.84 Å². The Bertz CT molecular complexity index is 911. The summed E-state index contributed by atoms with van der Waals surface area (Å²) in [6, 6.07) is 4.48. The minimum absolute atomic E-state index is 0.0259. The number of aryl methyl sites for hydroxylation is 1. The summed E-state index contributed by atoms with van der Waals surface area (Å²) in [5.41, 5.74) is 0.802. The fourth-order valence-corrected chi connectivity index (χ4v) is 7.65. The summed E-state index contributed by atoms with van der Waals surface area (Å²) in [4.78, 5) is 2.34. The predicted octanol–water partition coefficient (Wildman–Crippen LogP) is 0.904. The molecule has 2 saturated heterocycles. The summed E-state index contributed by atoms with van der Waals surface area (Å²) in [7, 11) is -5.68. The van der Waals surface area contributed by atoms with Crippen LogP contribution in [0.15, 0.2) is 23.1 Å². The molecular formula is C19H30N2O6S2. The number of benzene rings is 1. The van der Waals surface area contributed by atoms with Gasteiger partial charge in [-0.2, -0.15) is 4.31 Å². The lowest BCUT2D eigenvalue weighted by atomic mass is 10.2. The van der Waals surface area contributed by atoms with Gasteiger partial charge >= 0.3 is 0 Å². The van der Waals surface area contributed by atoms with Gasteiger partial charge in [-0.05, 0) is 44.0 Å². The molecule has 2 heterocycles. The number of sulfonamides is 1. The van der Waals surface area contributed by atoms with Crippen LogP contribution in [0.25, 0.3) is 0 Å². The number of sulfone groups is 1. The van der Waals surface area contributed by atoms with Crippen LogP contribution in [0.1, 0.15) is 18.4 Å². The molecule has 0 N–H and O–H groups in total. The second kappa shape index (κ2) is 9.30. The first-order chi connectivity index (χ1) is 13.7. The lowest BCUT2D eigenvalue weighted by Gasteiger charge is -2.30. The molecule has 0 bridgehead atoms. The van der Waals surface area contributed by atoms with Crippen LogP contribution in [-0.2, 0) is 24.6 Å². The predicted molar refractivity (Wildman–Crippen MR) is 111 cm³/mol. The zero-order valence-corrected chi connectivity index (χ0v) is 18.7. The fourth-order valence-electron chi connectivity index (χ4n) is 3.89. The van der Waals surface area contributed by atoms with E-state index in [0.717, 1.165) is 25.2 Å². The van der Waals surface area contributed by atoms with Crippen molar-refractivity contribution in [3.63, 3.8) is 0 Å². The molecule has 1 atom stereocenters. The fraction of sp³-hybridized carbons (Fsp3) is 0.684. The molecular weight excluding hydrogens is 416 g/mol. The number of morpholine rings is 1. The Kier molecular flexibility index (Phi) is 7.21. The molecule has 0 aromatic heterocycles. The molecule has 1 aromatic carbocycles. The van der Waals surface area contributed by atoms with E-state index < -0.39 is 25.9 Å². The molecule has 0 unspecified atom stereocenters. The minimum atomic E-state index is -3.90. The van der Waals surface area contributed by atoms with E-state index in [9.17, 15) is 16.8 Å². The number of nitrogens with zero attached hydrogens (tertiary/aromatic N) is 2. The number of methoxy groups -OCH3 is 1. The van der Waals surface area contributed by atoms with Crippen molar-refractivity contribution in [1.82, 2.24) is 9.21 Å². The molecule has 10 heteroatoms. The van der Waals surface area contributed by atoms with Crippen molar-refractivity contribution in [1.29, 1.82) is 0 Å². The summed E-state index contributed by atoms with van der Waals surface area (Å²) < 4.78 is 63.2. The van der Waals surface area contributed by atoms with Gasteiger partial charge in [-0.15, -0.1) is 0 Å². The van der Waals surface area contributed by atoms with E-state index in [1.807, 2.05) is 6.92 Å². The molecule has 29 heavy (non-hydrogen) atoms. The van der Waals surface area contributed by atoms with E-state index in [-0.39, 0.29) is 28.7 Å². The van der Waals surface area contributed by atoms with Gasteiger partial charge in [0, 0.05) is 25.7 Å². The Morgan fingerprint density at radius 1 is 1.28 bits per heavy atom. The molecule has 8 nitrogen and oxygen atoms in total. The zero-order valence-electron chi connectivity index (χ0n) is 17.0. The van der Waals surface area contributed by atoms with Crippen LogP contribution in [0.3, 0.4) is 0 Å². The molecule has 3 rings (SSSR count). The van der Waals surface area contributed by atoms with Crippen LogP contribution in [0, 0.1) is 6.92 Å². The second-order valence-electron chi connectivity index (χ2n) is 7.63. The molecule has 2 aliphatic rings. The van der Waals surface area contributed by atoms with Crippen LogP contribution in [0.5, 0.6) is 5.75 Å². The number of rotatable bonds is 8. The van der Waals surface area contributed by atoms with Gasteiger partial charge in [0.25, 0.3) is 0 Å². The molecule has 0 aliphatic carbocycles. The largest absolute Gasteiger partial charge is 0.495 e. The van der Waals surface area contributed by atoms with E-state index in [0.29, 0.717) is 26.1 Å². The molecule has 0 spiro atoms. The van der Waals surface area contributed by atoms with Crippen LogP contribution >= 0.6 is 0 Å². The summed E-state index contributed by atoms with van der Waals surface area (Å²) in [6.07, 6.45) is 0.956. The maximum atomic E-state index is 13.6. The average molecular weight is 447 g/mol. The SMILES string of the molecule is COc1ccc(C)cc1S(=O)(=O)N(CCCN1CCOCC1)[C@@H]1CCS(=O)(=O)C1. The first-order valence-corrected chi connectivity index (χ1v) is 13.2. The Morgan fingerprint density at radius 2 is 2.00 bits per heavy atom. The summed E-state index contributed by atoms with van der Waals surface area (Å²) in [5.74, 6) is 0.172. The molecule has 0 saturated carbocycles. The van der Waals surface area contributed by atoms with E-state index in [1.54, 1.807) is 18.2 Å². The zero-order chi connectivity index (χ0) is 21.1. The highest BCUT2D eigenvalue weighted by atomic mass is 32.2. The monoisotopic (exact) mass is 446 g/mol. The van der Waals surface area contributed by atoms with Crippen LogP contribution in [-0.4, -0.2) is 90.1 Å². The van der Waals surface area contributed by atoms with Crippen molar-refractivity contribution in [2.45, 2.75) is 30.7 Å². The van der Waals surface area contributed by atoms with Gasteiger partial charge in [0.1, 0.15) is 10.6 Å². The topological polar surface area (TPSA) is 93.2 Å². The smallest absolute Gasteiger partial charge is 0.247 e. The maximum Gasteiger partial charge on any atom is 0.247 e. The Morgan fingerprint density at radius 3 is 2.62 bits per heavy atom. The van der Waals surface area contributed by atoms with E-state index >= 15 is 0 Å². The van der Waals surface area contributed by atoms with Crippen molar-refractivity contribution in [2.75, 3.05) is 58.0 Å². The van der Waals surface area contributed by atoms with Crippen molar-refractivity contribution < 1.29 is 26.3 Å². The number of hydrogen-bond donors (Lipinski definition) is 0. The van der Waals surface area contributed by atoms with Gasteiger partial charge in [0.05, 0.1) is 31.8 Å². The molecule has 0 amide bonds. The van der Waals surface area contributed by atoms with Gasteiger partial charge in [0.2, 0.25) is 10.0 Å². The third kappa shape index (κ3) is 5.49. The Labute approximate surface area is 173 Å². The summed E-state index contributed by atoms with van der Waals surface area (Å²) in [6.45, 7) is 5.87. The van der Waals surface area contributed by atoms with Gasteiger partial charge in [-0.3, -0.25) is 4.90 Å². The summed E-state index contributed by atoms with van der Waals surface area (Å²) in [5, 5.41) is 0. The lowest BCUT2D eigenvalue weighted by Crippen LogP contribution is -2.43. The third-order valence-corrected chi connectivity index (χ3v) is 9.20. The third-order valence-electron chi connectivity index (χ3n) is 5.48. The number of ether oxygens (including phenoxy) is 2. The van der Waals surface area contributed by atoms with Gasteiger partial charge in [-0.25, -0.2) is 16.8 Å². The summed E-state index contributed by atoms with van der Waals surface area (Å²) >= 11 is 0. The van der Waals surface area contributed by atoms with Crippen LogP contribution < -0.4 is 4.74 Å². The maximum absolute atomic E-state index is 13.6. The molecule has 2 fully saturated rings. The van der Waals surface area contributed by atoms with Crippen molar-refractivity contribution in [3.05, 3.63) is 23.8 Å². The molecule has 2 aliphatic heterocycles. The van der Waals surface area contributed by atoms with Gasteiger partial charge < -0.3 is 9.47 Å². The van der Waals surface area contributed by atoms with Crippen molar-refractivity contribution in [2.24, 2.45) is 0 Å². The Balaban J connectivity index is 1.84. The standard InChI is InChI=1S/C19H30N2O6S2/c1-16-4-5-18(26-2)19(14-16)29(24,25)21(17-6-13-28(22,23)15-17)8-3-7-20-9-11-27-12-10-20/h4-5,14,17H,3,6-13,15H2,1-2H3/t17-/m1/s1. The quantitative estimate of drug-likeness (QED) is 0.586. The van der Waals surface area contributed by atoms with Crippen molar-refractivity contribution >= 4 is 19.9 Å². The second-order valence-corrected chi connectivity index (χ2v) is 11.7. The number of hydrogen-bond acceptors (Lipinski definition) is 7. The normalized spacial score (nSPS) is 22.8. The van der Waals surface area contributed by atoms with E-state index in [1.165, 1.54) is 11.4 Å². The lowest BCUT2D eigenvalue weighted by molar-refractivity contribution is 0.0367. The Hall–Kier alpha value is -1.20. The first kappa shape index (κ1) is 22.5. The minimum Gasteiger partial charge on any atom is -0.495 e.